The fraction of sp³-hybridized carbons (Fsp3) is 0.294. The molecule has 6 heteroatoms. The van der Waals surface area contributed by atoms with Crippen LogP contribution in [0.5, 0.6) is 11.5 Å². The van der Waals surface area contributed by atoms with Crippen molar-refractivity contribution in [3.63, 3.8) is 0 Å². The van der Waals surface area contributed by atoms with Crippen LogP contribution in [0.2, 0.25) is 0 Å². The Morgan fingerprint density at radius 3 is 2.87 bits per heavy atom. The fourth-order valence-electron chi connectivity index (χ4n) is 2.61. The second kappa shape index (κ2) is 6.60. The third kappa shape index (κ3) is 3.48. The minimum absolute atomic E-state index is 0.180. The first-order valence-electron chi connectivity index (χ1n) is 7.47. The molecule has 0 saturated heterocycles. The summed E-state index contributed by atoms with van der Waals surface area (Å²) < 4.78 is 38.4. The Balaban J connectivity index is 1.79. The average Bonchev–Trinajstić information content (AvgIpc) is 2.60. The zero-order valence-electron chi connectivity index (χ0n) is 12.9. The van der Waals surface area contributed by atoms with E-state index >= 15 is 0 Å². The van der Waals surface area contributed by atoms with E-state index in [1.54, 1.807) is 31.4 Å². The molecule has 0 bridgehead atoms. The molecular weight excluding hydrogens is 314 g/mol. The van der Waals surface area contributed by atoms with E-state index in [4.69, 9.17) is 9.47 Å². The summed E-state index contributed by atoms with van der Waals surface area (Å²) in [5.41, 5.74) is 1.73. The third-order valence-corrected chi connectivity index (χ3v) is 5.23. The maximum absolute atomic E-state index is 12.5. The highest BCUT2D eigenvalue weighted by Crippen LogP contribution is 2.27. The van der Waals surface area contributed by atoms with Crippen molar-refractivity contribution in [2.75, 3.05) is 13.7 Å². The van der Waals surface area contributed by atoms with E-state index in [1.807, 2.05) is 18.2 Å². The third-order valence-electron chi connectivity index (χ3n) is 3.84. The number of rotatable bonds is 5. The maximum atomic E-state index is 12.5. The number of aryl methyl sites for hydroxylation is 1. The van der Waals surface area contributed by atoms with Crippen molar-refractivity contribution in [2.45, 2.75) is 24.3 Å². The zero-order valence-corrected chi connectivity index (χ0v) is 13.7. The first-order valence-corrected chi connectivity index (χ1v) is 8.96. The molecule has 1 N–H and O–H groups in total. The summed E-state index contributed by atoms with van der Waals surface area (Å²) in [4.78, 5) is 0.261. The van der Waals surface area contributed by atoms with Gasteiger partial charge in [0.05, 0.1) is 18.6 Å². The van der Waals surface area contributed by atoms with Crippen LogP contribution in [0.25, 0.3) is 0 Å². The molecular formula is C17H19NO4S. The summed E-state index contributed by atoms with van der Waals surface area (Å²) >= 11 is 0. The molecule has 0 fully saturated rings. The van der Waals surface area contributed by atoms with Crippen LogP contribution >= 0.6 is 0 Å². The second-order valence-electron chi connectivity index (χ2n) is 5.36. The highest BCUT2D eigenvalue weighted by molar-refractivity contribution is 7.89. The predicted molar refractivity (Wildman–Crippen MR) is 87.3 cm³/mol. The van der Waals surface area contributed by atoms with Crippen molar-refractivity contribution >= 4 is 10.0 Å². The van der Waals surface area contributed by atoms with Gasteiger partial charge in [-0.1, -0.05) is 18.2 Å². The summed E-state index contributed by atoms with van der Waals surface area (Å²) in [5, 5.41) is 0. The molecule has 0 radical (unpaired) electrons. The van der Waals surface area contributed by atoms with Gasteiger partial charge in [0.15, 0.2) is 0 Å². The van der Waals surface area contributed by atoms with E-state index < -0.39 is 10.0 Å². The maximum Gasteiger partial charge on any atom is 0.240 e. The molecule has 5 nitrogen and oxygen atoms in total. The highest BCUT2D eigenvalue weighted by atomic mass is 32.2. The van der Waals surface area contributed by atoms with Crippen LogP contribution in [-0.2, 0) is 23.0 Å². The number of nitrogens with one attached hydrogen (secondary N) is 1. The molecule has 0 amide bonds. The average molecular weight is 333 g/mol. The van der Waals surface area contributed by atoms with Gasteiger partial charge in [0.25, 0.3) is 0 Å². The van der Waals surface area contributed by atoms with Gasteiger partial charge >= 0.3 is 0 Å². The molecule has 1 heterocycles. The van der Waals surface area contributed by atoms with E-state index in [0.717, 1.165) is 29.7 Å². The molecule has 0 unspecified atom stereocenters. The smallest absolute Gasteiger partial charge is 0.240 e. The summed E-state index contributed by atoms with van der Waals surface area (Å²) in [6, 6.07) is 12.3. The van der Waals surface area contributed by atoms with Gasteiger partial charge in [-0.3, -0.25) is 0 Å². The van der Waals surface area contributed by atoms with Crippen LogP contribution in [0.1, 0.15) is 17.5 Å². The fourth-order valence-corrected chi connectivity index (χ4v) is 3.67. The van der Waals surface area contributed by atoms with Crippen LogP contribution < -0.4 is 14.2 Å². The summed E-state index contributed by atoms with van der Waals surface area (Å²) in [6.07, 6.45) is 1.75. The second-order valence-corrected chi connectivity index (χ2v) is 7.12. The Kier molecular flexibility index (Phi) is 4.54. The van der Waals surface area contributed by atoms with Gasteiger partial charge < -0.3 is 9.47 Å². The van der Waals surface area contributed by atoms with Crippen molar-refractivity contribution in [3.05, 3.63) is 53.6 Å². The topological polar surface area (TPSA) is 64.6 Å². The van der Waals surface area contributed by atoms with E-state index in [-0.39, 0.29) is 11.4 Å². The molecule has 2 aromatic rings. The van der Waals surface area contributed by atoms with Crippen LogP contribution in [0.15, 0.2) is 47.4 Å². The Morgan fingerprint density at radius 1 is 1.22 bits per heavy atom. The monoisotopic (exact) mass is 333 g/mol. The van der Waals surface area contributed by atoms with E-state index in [2.05, 4.69) is 4.72 Å². The quantitative estimate of drug-likeness (QED) is 0.913. The van der Waals surface area contributed by atoms with Crippen LogP contribution in [-0.4, -0.2) is 22.1 Å². The Morgan fingerprint density at radius 2 is 2.04 bits per heavy atom. The Bertz CT molecular complexity index is 802. The normalized spacial score (nSPS) is 14.0. The molecule has 122 valence electrons. The summed E-state index contributed by atoms with van der Waals surface area (Å²) in [5.74, 6) is 1.44. The lowest BCUT2D eigenvalue weighted by atomic mass is 10.1. The van der Waals surface area contributed by atoms with Gasteiger partial charge in [-0.2, -0.15) is 0 Å². The Labute approximate surface area is 136 Å². The lowest BCUT2D eigenvalue weighted by molar-refractivity contribution is 0.288. The summed E-state index contributed by atoms with van der Waals surface area (Å²) in [7, 11) is -2.01. The molecule has 0 atom stereocenters. The van der Waals surface area contributed by atoms with Gasteiger partial charge in [-0.05, 0) is 42.7 Å². The number of hydrogen-bond donors (Lipinski definition) is 1. The first kappa shape index (κ1) is 15.8. The molecule has 1 aliphatic rings. The minimum Gasteiger partial charge on any atom is -0.496 e. The largest absolute Gasteiger partial charge is 0.496 e. The van der Waals surface area contributed by atoms with Gasteiger partial charge in [0.1, 0.15) is 11.5 Å². The molecule has 0 spiro atoms. The minimum atomic E-state index is -3.58. The van der Waals surface area contributed by atoms with Crippen molar-refractivity contribution < 1.29 is 17.9 Å². The van der Waals surface area contributed by atoms with Crippen molar-refractivity contribution in [1.29, 1.82) is 0 Å². The summed E-state index contributed by atoms with van der Waals surface area (Å²) in [6.45, 7) is 0.866. The van der Waals surface area contributed by atoms with E-state index in [1.165, 1.54) is 0 Å². The standard InChI is InChI=1S/C17H19NO4S/c1-21-16-7-3-2-5-14(16)12-18-23(19,20)15-8-9-17-13(11-15)6-4-10-22-17/h2-3,5,7-9,11,18H,4,6,10,12H2,1H3. The van der Waals surface area contributed by atoms with Crippen molar-refractivity contribution in [2.24, 2.45) is 0 Å². The van der Waals surface area contributed by atoms with E-state index in [0.29, 0.717) is 12.4 Å². The van der Waals surface area contributed by atoms with Crippen molar-refractivity contribution in [1.82, 2.24) is 4.72 Å². The van der Waals surface area contributed by atoms with Crippen LogP contribution in [0.4, 0.5) is 0 Å². The van der Waals surface area contributed by atoms with Gasteiger partial charge in [-0.25, -0.2) is 13.1 Å². The van der Waals surface area contributed by atoms with Gasteiger partial charge in [0, 0.05) is 12.1 Å². The Hall–Kier alpha value is -2.05. The zero-order chi connectivity index (χ0) is 16.3. The first-order chi connectivity index (χ1) is 11.1. The lowest BCUT2D eigenvalue weighted by Gasteiger charge is -2.18. The van der Waals surface area contributed by atoms with Gasteiger partial charge in [0.2, 0.25) is 10.0 Å². The van der Waals surface area contributed by atoms with Crippen LogP contribution in [0, 0.1) is 0 Å². The predicted octanol–water partition coefficient (Wildman–Crippen LogP) is 2.50. The number of methoxy groups -OCH3 is 1. The van der Waals surface area contributed by atoms with Crippen molar-refractivity contribution in [3.8, 4) is 11.5 Å². The molecule has 0 aliphatic carbocycles. The molecule has 0 saturated carbocycles. The number of benzene rings is 2. The van der Waals surface area contributed by atoms with Gasteiger partial charge in [-0.15, -0.1) is 0 Å². The molecule has 23 heavy (non-hydrogen) atoms. The van der Waals surface area contributed by atoms with Crippen LogP contribution in [0.3, 0.4) is 0 Å². The molecule has 2 aromatic carbocycles. The number of hydrogen-bond acceptors (Lipinski definition) is 4. The molecule has 1 aliphatic heterocycles. The molecule has 0 aromatic heterocycles. The number of para-hydroxylation sites is 1. The molecule has 3 rings (SSSR count). The van der Waals surface area contributed by atoms with E-state index in [9.17, 15) is 8.42 Å². The number of fused-ring (bicyclic) bond motifs is 1. The number of sulfonamides is 1. The lowest BCUT2D eigenvalue weighted by Crippen LogP contribution is -2.24. The highest BCUT2D eigenvalue weighted by Gasteiger charge is 2.18. The number of ether oxygens (including phenoxy) is 2. The SMILES string of the molecule is COc1ccccc1CNS(=O)(=O)c1ccc2c(c1)CCCO2.